The molecule has 2 nitrogen and oxygen atoms in total. The second-order valence-electron chi connectivity index (χ2n) is 2.41. The van der Waals surface area contributed by atoms with Gasteiger partial charge in [0, 0.05) is 10.0 Å². The summed E-state index contributed by atoms with van der Waals surface area (Å²) < 4.78 is 13.2. The molecule has 0 amide bonds. The number of hydrogen-bond acceptors (Lipinski definition) is 1. The molecule has 0 bridgehead atoms. The van der Waals surface area contributed by atoms with Gasteiger partial charge in [0.25, 0.3) is 0 Å². The molecule has 0 radical (unpaired) electrons. The Hall–Kier alpha value is -1.16. The van der Waals surface area contributed by atoms with Gasteiger partial charge in [0.05, 0.1) is 5.57 Å². The second kappa shape index (κ2) is 3.70. The first-order valence-corrected chi connectivity index (χ1v) is 4.19. The lowest BCUT2D eigenvalue weighted by Gasteiger charge is -2.03. The van der Waals surface area contributed by atoms with Crippen molar-refractivity contribution in [3.63, 3.8) is 0 Å². The Kier molecular flexibility index (Phi) is 2.83. The molecule has 13 heavy (non-hydrogen) atoms. The highest BCUT2D eigenvalue weighted by Gasteiger charge is 2.11. The minimum atomic E-state index is -1.16. The molecule has 0 heterocycles. The average Bonchev–Trinajstić information content (AvgIpc) is 2.08. The van der Waals surface area contributed by atoms with Gasteiger partial charge in [0.2, 0.25) is 0 Å². The summed E-state index contributed by atoms with van der Waals surface area (Å²) in [4.78, 5) is 10.5. The van der Waals surface area contributed by atoms with Gasteiger partial charge in [-0.2, -0.15) is 0 Å². The summed E-state index contributed by atoms with van der Waals surface area (Å²) in [7, 11) is 0. The van der Waals surface area contributed by atoms with E-state index in [0.29, 0.717) is 4.47 Å². The van der Waals surface area contributed by atoms with Crippen LogP contribution in [0.1, 0.15) is 5.56 Å². The Labute approximate surface area is 82.8 Å². The molecule has 4 heteroatoms. The summed E-state index contributed by atoms with van der Waals surface area (Å²) in [5.41, 5.74) is 0.124. The van der Waals surface area contributed by atoms with Crippen LogP contribution < -0.4 is 0 Å². The normalized spacial score (nSPS) is 9.69. The maximum absolute atomic E-state index is 12.7. The third-order valence-corrected chi connectivity index (χ3v) is 2.20. The van der Waals surface area contributed by atoms with Crippen LogP contribution in [-0.2, 0) is 4.79 Å². The van der Waals surface area contributed by atoms with E-state index in [1.54, 1.807) is 0 Å². The lowest BCUT2D eigenvalue weighted by Crippen LogP contribution is -1.99. The summed E-state index contributed by atoms with van der Waals surface area (Å²) in [6.45, 7) is 3.33. The van der Waals surface area contributed by atoms with Crippen LogP contribution in [0.15, 0.2) is 29.3 Å². The molecule has 0 unspecified atom stereocenters. The molecule has 0 atom stereocenters. The lowest BCUT2D eigenvalue weighted by molar-refractivity contribution is -0.130. The Morgan fingerprint density at radius 3 is 2.69 bits per heavy atom. The van der Waals surface area contributed by atoms with E-state index in [1.165, 1.54) is 12.1 Å². The molecule has 0 aliphatic heterocycles. The second-order valence-corrected chi connectivity index (χ2v) is 3.26. The fourth-order valence-electron chi connectivity index (χ4n) is 0.844. The van der Waals surface area contributed by atoms with E-state index in [4.69, 9.17) is 5.11 Å². The van der Waals surface area contributed by atoms with Crippen LogP contribution in [0.25, 0.3) is 5.57 Å². The van der Waals surface area contributed by atoms with Crippen molar-refractivity contribution in [2.75, 3.05) is 0 Å². The first-order valence-electron chi connectivity index (χ1n) is 3.40. The third kappa shape index (κ3) is 2.15. The van der Waals surface area contributed by atoms with Gasteiger partial charge >= 0.3 is 5.97 Å². The third-order valence-electron chi connectivity index (χ3n) is 1.51. The molecule has 1 N–H and O–H groups in total. The molecule has 1 aromatic rings. The number of benzene rings is 1. The first kappa shape index (κ1) is 9.92. The predicted molar refractivity (Wildman–Crippen MR) is 50.8 cm³/mol. The average molecular weight is 245 g/mol. The monoisotopic (exact) mass is 244 g/mol. The number of halogens is 2. The lowest BCUT2D eigenvalue weighted by atomic mass is 10.1. The Bertz CT molecular complexity index is 374. The van der Waals surface area contributed by atoms with Crippen LogP contribution in [0, 0.1) is 5.82 Å². The molecule has 0 aromatic heterocycles. The van der Waals surface area contributed by atoms with Gasteiger partial charge in [0.15, 0.2) is 0 Å². The molecule has 1 rings (SSSR count). The highest BCUT2D eigenvalue weighted by Crippen LogP contribution is 2.24. The molecule has 0 spiro atoms. The number of rotatable bonds is 2. The van der Waals surface area contributed by atoms with Crippen molar-refractivity contribution in [2.45, 2.75) is 0 Å². The summed E-state index contributed by atoms with van der Waals surface area (Å²) in [6, 6.07) is 3.81. The van der Waals surface area contributed by atoms with Crippen LogP contribution in [0.2, 0.25) is 0 Å². The van der Waals surface area contributed by atoms with Crippen molar-refractivity contribution < 1.29 is 14.3 Å². The van der Waals surface area contributed by atoms with Crippen LogP contribution in [0.5, 0.6) is 0 Å². The van der Waals surface area contributed by atoms with Crippen molar-refractivity contribution >= 4 is 27.5 Å². The quantitative estimate of drug-likeness (QED) is 0.813. The summed E-state index contributed by atoms with van der Waals surface area (Å²) >= 11 is 3.11. The van der Waals surface area contributed by atoms with E-state index in [1.807, 2.05) is 0 Å². The predicted octanol–water partition coefficient (Wildman–Crippen LogP) is 2.69. The number of hydrogen-bond donors (Lipinski definition) is 1. The fourth-order valence-corrected chi connectivity index (χ4v) is 1.33. The van der Waals surface area contributed by atoms with E-state index in [-0.39, 0.29) is 11.1 Å². The van der Waals surface area contributed by atoms with Crippen molar-refractivity contribution in [3.8, 4) is 0 Å². The number of carboxylic acids is 1. The molecule has 1 aromatic carbocycles. The topological polar surface area (TPSA) is 37.3 Å². The fraction of sp³-hybridized carbons (Fsp3) is 0. The van der Waals surface area contributed by atoms with Crippen LogP contribution in [0.3, 0.4) is 0 Å². The molecular weight excluding hydrogens is 239 g/mol. The summed E-state index contributed by atoms with van der Waals surface area (Å²) in [5, 5.41) is 8.61. The van der Waals surface area contributed by atoms with Gasteiger partial charge in [-0.3, -0.25) is 0 Å². The Morgan fingerprint density at radius 2 is 2.15 bits per heavy atom. The minimum absolute atomic E-state index is 0.133. The largest absolute Gasteiger partial charge is 0.478 e. The van der Waals surface area contributed by atoms with Gasteiger partial charge in [-0.1, -0.05) is 22.5 Å². The number of aliphatic carboxylic acids is 1. The van der Waals surface area contributed by atoms with E-state index >= 15 is 0 Å². The maximum atomic E-state index is 12.7. The zero-order chi connectivity index (χ0) is 10.0. The van der Waals surface area contributed by atoms with Crippen LogP contribution >= 0.6 is 15.9 Å². The van der Waals surface area contributed by atoms with Gasteiger partial charge < -0.3 is 5.11 Å². The van der Waals surface area contributed by atoms with Gasteiger partial charge in [0.1, 0.15) is 5.82 Å². The summed E-state index contributed by atoms with van der Waals surface area (Å²) in [6.07, 6.45) is 0. The standard InChI is InChI=1S/C9H6BrFO2/c1-5(9(12)13)7-4-6(11)2-3-8(7)10/h2-4H,1H2,(H,12,13). The SMILES string of the molecule is C=C(C(=O)O)c1cc(F)ccc1Br. The first-order chi connectivity index (χ1) is 6.02. The molecule has 0 saturated carbocycles. The van der Waals surface area contributed by atoms with Crippen molar-refractivity contribution in [1.29, 1.82) is 0 Å². The molecule has 68 valence electrons. The highest BCUT2D eigenvalue weighted by atomic mass is 79.9. The zero-order valence-corrected chi connectivity index (χ0v) is 8.14. The molecule has 0 saturated heterocycles. The van der Waals surface area contributed by atoms with Gasteiger partial charge in [-0.05, 0) is 18.2 Å². The number of carboxylic acid groups (broad SMARTS) is 1. The Balaban J connectivity index is 3.21. The highest BCUT2D eigenvalue weighted by molar-refractivity contribution is 9.10. The van der Waals surface area contributed by atoms with E-state index < -0.39 is 11.8 Å². The molecule has 0 aliphatic rings. The van der Waals surface area contributed by atoms with Crippen molar-refractivity contribution in [2.24, 2.45) is 0 Å². The number of carbonyl (C=O) groups is 1. The van der Waals surface area contributed by atoms with E-state index in [9.17, 15) is 9.18 Å². The minimum Gasteiger partial charge on any atom is -0.478 e. The van der Waals surface area contributed by atoms with Gasteiger partial charge in [-0.15, -0.1) is 0 Å². The van der Waals surface area contributed by atoms with Gasteiger partial charge in [-0.25, -0.2) is 9.18 Å². The van der Waals surface area contributed by atoms with E-state index in [2.05, 4.69) is 22.5 Å². The maximum Gasteiger partial charge on any atom is 0.335 e. The van der Waals surface area contributed by atoms with Crippen LogP contribution in [-0.4, -0.2) is 11.1 Å². The molecule has 0 aliphatic carbocycles. The molecule has 0 fully saturated rings. The molecular formula is C9H6BrFO2. The zero-order valence-electron chi connectivity index (χ0n) is 6.55. The summed E-state index contributed by atoms with van der Waals surface area (Å²) in [5.74, 6) is -1.65. The Morgan fingerprint density at radius 1 is 1.54 bits per heavy atom. The van der Waals surface area contributed by atoms with Crippen molar-refractivity contribution in [1.82, 2.24) is 0 Å². The van der Waals surface area contributed by atoms with E-state index in [0.717, 1.165) is 6.07 Å². The van der Waals surface area contributed by atoms with Crippen LogP contribution in [0.4, 0.5) is 4.39 Å². The smallest absolute Gasteiger partial charge is 0.335 e. The van der Waals surface area contributed by atoms with Crippen molar-refractivity contribution in [3.05, 3.63) is 40.6 Å².